The smallest absolute Gasteiger partial charge is 0.158 e. The second-order valence-electron chi connectivity index (χ2n) is 4.48. The molecule has 0 fully saturated rings. The molecule has 0 aliphatic carbocycles. The third-order valence-electron chi connectivity index (χ3n) is 2.94. The van der Waals surface area contributed by atoms with Crippen LogP contribution in [0, 0.1) is 5.92 Å². The minimum absolute atomic E-state index is 0.0146. The van der Waals surface area contributed by atoms with Crippen LogP contribution in [-0.2, 0) is 19.2 Å². The Bertz CT molecular complexity index is 542. The largest absolute Gasteiger partial charge is 0.299 e. The Labute approximate surface area is 115 Å². The van der Waals surface area contributed by atoms with E-state index in [4.69, 9.17) is 0 Å². The van der Waals surface area contributed by atoms with E-state index < -0.39 is 35.6 Å². The second-order valence-corrected chi connectivity index (χ2v) is 4.48. The highest BCUT2D eigenvalue weighted by Crippen LogP contribution is 2.16. The molecule has 0 spiro atoms. The van der Waals surface area contributed by atoms with Crippen molar-refractivity contribution in [1.29, 1.82) is 0 Å². The van der Waals surface area contributed by atoms with E-state index in [1.165, 1.54) is 33.4 Å². The molecule has 0 amide bonds. The molecule has 1 aromatic rings. The molecule has 106 valence electrons. The summed E-state index contributed by atoms with van der Waals surface area (Å²) < 4.78 is 0. The molecule has 7 nitrogen and oxygen atoms in total. The Morgan fingerprint density at radius 1 is 1.00 bits per heavy atom. The highest BCUT2D eigenvalue weighted by atomic mass is 16.2. The molecule has 1 rings (SSSR count). The van der Waals surface area contributed by atoms with Gasteiger partial charge in [-0.15, -0.1) is 0 Å². The van der Waals surface area contributed by atoms with E-state index in [9.17, 15) is 19.2 Å². The number of carbonyl (C=O) groups excluding carboxylic acids is 4. The Kier molecular flexibility index (Phi) is 5.31. The van der Waals surface area contributed by atoms with Crippen molar-refractivity contribution in [3.63, 3.8) is 0 Å². The van der Waals surface area contributed by atoms with Gasteiger partial charge in [-0.3, -0.25) is 19.2 Å². The average molecular weight is 277 g/mol. The normalized spacial score (nSPS) is 13.3. The molecule has 1 heterocycles. The average Bonchev–Trinajstić information content (AvgIpc) is 2.38. The van der Waals surface area contributed by atoms with E-state index in [-0.39, 0.29) is 11.6 Å². The van der Waals surface area contributed by atoms with Gasteiger partial charge in [-0.05, 0) is 20.8 Å². The van der Waals surface area contributed by atoms with Crippen molar-refractivity contribution in [1.82, 2.24) is 15.0 Å². The lowest BCUT2D eigenvalue weighted by Crippen LogP contribution is -2.28. The minimum atomic E-state index is -1.19. The first-order chi connectivity index (χ1) is 9.34. The second kappa shape index (κ2) is 6.74. The number of aromatic nitrogens is 3. The van der Waals surface area contributed by atoms with Gasteiger partial charge in [0.15, 0.2) is 5.78 Å². The molecule has 0 aromatic carbocycles. The van der Waals surface area contributed by atoms with Gasteiger partial charge in [-0.2, -0.15) is 0 Å². The van der Waals surface area contributed by atoms with Crippen molar-refractivity contribution in [2.45, 2.75) is 33.1 Å². The summed E-state index contributed by atoms with van der Waals surface area (Å²) in [7, 11) is 0. The molecule has 0 saturated heterocycles. The standard InChI is InChI=1S/C13H15N3O4/c1-7(8(2)17)10(19)4-11(20)12(9(3)18)13-15-5-14-6-16-13/h5-7,12H,4H2,1-3H3. The molecule has 0 aliphatic rings. The summed E-state index contributed by atoms with van der Waals surface area (Å²) in [5.74, 6) is -3.93. The zero-order valence-corrected chi connectivity index (χ0v) is 11.5. The van der Waals surface area contributed by atoms with Gasteiger partial charge in [0.2, 0.25) is 0 Å². The van der Waals surface area contributed by atoms with Crippen LogP contribution in [0.25, 0.3) is 0 Å². The topological polar surface area (TPSA) is 107 Å². The van der Waals surface area contributed by atoms with Gasteiger partial charge >= 0.3 is 0 Å². The van der Waals surface area contributed by atoms with Crippen LogP contribution in [0.1, 0.15) is 38.9 Å². The maximum absolute atomic E-state index is 12.1. The molecule has 0 bridgehead atoms. The van der Waals surface area contributed by atoms with E-state index in [1.807, 2.05) is 0 Å². The van der Waals surface area contributed by atoms with Crippen molar-refractivity contribution in [2.75, 3.05) is 0 Å². The van der Waals surface area contributed by atoms with Crippen LogP contribution in [0.2, 0.25) is 0 Å². The van der Waals surface area contributed by atoms with Gasteiger partial charge in [0, 0.05) is 0 Å². The van der Waals surface area contributed by atoms with Crippen LogP contribution in [0.5, 0.6) is 0 Å². The van der Waals surface area contributed by atoms with Crippen molar-refractivity contribution >= 4 is 23.1 Å². The quantitative estimate of drug-likeness (QED) is 0.659. The molecule has 20 heavy (non-hydrogen) atoms. The van der Waals surface area contributed by atoms with Gasteiger partial charge < -0.3 is 0 Å². The van der Waals surface area contributed by atoms with Crippen LogP contribution in [0.15, 0.2) is 12.7 Å². The van der Waals surface area contributed by atoms with Crippen LogP contribution >= 0.6 is 0 Å². The number of nitrogens with zero attached hydrogens (tertiary/aromatic N) is 3. The highest BCUT2D eigenvalue weighted by Gasteiger charge is 2.31. The first-order valence-electron chi connectivity index (χ1n) is 6.02. The Balaban J connectivity index is 2.90. The predicted molar refractivity (Wildman–Crippen MR) is 67.7 cm³/mol. The number of Topliss-reactive ketones (excluding diaryl/α,β-unsaturated/α-hetero) is 4. The van der Waals surface area contributed by atoms with Crippen molar-refractivity contribution < 1.29 is 19.2 Å². The molecular weight excluding hydrogens is 262 g/mol. The summed E-state index contributed by atoms with van der Waals surface area (Å²) in [6.07, 6.45) is 1.85. The zero-order valence-electron chi connectivity index (χ0n) is 11.5. The SMILES string of the molecule is CC(=O)C(C)C(=O)CC(=O)C(C(C)=O)c1ncncn1. The lowest BCUT2D eigenvalue weighted by Gasteiger charge is -2.11. The summed E-state index contributed by atoms with van der Waals surface area (Å²) in [4.78, 5) is 57.6. The Hall–Kier alpha value is -2.31. The van der Waals surface area contributed by atoms with Crippen LogP contribution in [-0.4, -0.2) is 38.1 Å². The highest BCUT2D eigenvalue weighted by molar-refractivity contribution is 6.15. The van der Waals surface area contributed by atoms with E-state index in [0.29, 0.717) is 0 Å². The van der Waals surface area contributed by atoms with Crippen molar-refractivity contribution in [2.24, 2.45) is 5.92 Å². The molecule has 0 radical (unpaired) electrons. The number of ketones is 4. The first kappa shape index (κ1) is 15.7. The number of hydrogen-bond acceptors (Lipinski definition) is 7. The zero-order chi connectivity index (χ0) is 15.3. The Morgan fingerprint density at radius 3 is 2.00 bits per heavy atom. The van der Waals surface area contributed by atoms with Crippen LogP contribution < -0.4 is 0 Å². The third-order valence-corrected chi connectivity index (χ3v) is 2.94. The van der Waals surface area contributed by atoms with E-state index in [0.717, 1.165) is 0 Å². The molecule has 2 unspecified atom stereocenters. The maximum atomic E-state index is 12.1. The van der Waals surface area contributed by atoms with E-state index >= 15 is 0 Å². The number of rotatable bonds is 7. The van der Waals surface area contributed by atoms with Gasteiger partial charge in [0.1, 0.15) is 41.7 Å². The van der Waals surface area contributed by atoms with E-state index in [1.54, 1.807) is 0 Å². The summed E-state index contributed by atoms with van der Waals surface area (Å²) in [5, 5.41) is 0. The first-order valence-corrected chi connectivity index (χ1v) is 6.02. The van der Waals surface area contributed by atoms with Crippen LogP contribution in [0.4, 0.5) is 0 Å². The molecule has 1 aromatic heterocycles. The minimum Gasteiger partial charge on any atom is -0.299 e. The fourth-order valence-corrected chi connectivity index (χ4v) is 1.60. The molecule has 0 aliphatic heterocycles. The summed E-state index contributed by atoms with van der Waals surface area (Å²) in [6, 6.07) is 0. The van der Waals surface area contributed by atoms with Crippen molar-refractivity contribution in [3.05, 3.63) is 18.5 Å². The number of hydrogen-bond donors (Lipinski definition) is 0. The molecule has 2 atom stereocenters. The van der Waals surface area contributed by atoms with Crippen molar-refractivity contribution in [3.8, 4) is 0 Å². The Morgan fingerprint density at radius 2 is 1.55 bits per heavy atom. The van der Waals surface area contributed by atoms with E-state index in [2.05, 4.69) is 15.0 Å². The number of carbonyl (C=O) groups is 4. The lowest BCUT2D eigenvalue weighted by molar-refractivity contribution is -0.134. The lowest BCUT2D eigenvalue weighted by atomic mass is 9.91. The monoisotopic (exact) mass is 277 g/mol. The molecule has 0 saturated carbocycles. The maximum Gasteiger partial charge on any atom is 0.158 e. The third kappa shape index (κ3) is 3.84. The predicted octanol–water partition coefficient (Wildman–Crippen LogP) is 0.298. The van der Waals surface area contributed by atoms with Gasteiger partial charge in [0.05, 0.1) is 12.3 Å². The van der Waals surface area contributed by atoms with Crippen LogP contribution in [0.3, 0.4) is 0 Å². The van der Waals surface area contributed by atoms with Gasteiger partial charge in [-0.1, -0.05) is 0 Å². The van der Waals surface area contributed by atoms with Gasteiger partial charge in [0.25, 0.3) is 0 Å². The molecule has 0 N–H and O–H groups in total. The van der Waals surface area contributed by atoms with Gasteiger partial charge in [-0.25, -0.2) is 15.0 Å². The fraction of sp³-hybridized carbons (Fsp3) is 0.462. The summed E-state index contributed by atoms with van der Waals surface area (Å²) >= 11 is 0. The molecule has 7 heteroatoms. The fourth-order valence-electron chi connectivity index (χ4n) is 1.60. The summed E-state index contributed by atoms with van der Waals surface area (Å²) in [6.45, 7) is 3.94. The summed E-state index contributed by atoms with van der Waals surface area (Å²) in [5.41, 5.74) is 0. The molecular formula is C13H15N3O4.